The maximum Gasteiger partial charge on any atom is 0.220 e. The molecule has 1 aliphatic rings. The monoisotopic (exact) mass is 296 g/mol. The van der Waals surface area contributed by atoms with Crippen molar-refractivity contribution in [1.82, 2.24) is 10.6 Å². The normalized spacial score (nSPS) is 15.8. The molecular formula is C19H24N2O. The zero-order chi connectivity index (χ0) is 15.2. The molecule has 1 saturated heterocycles. The highest BCUT2D eigenvalue weighted by Gasteiger charge is 2.14. The third-order valence-corrected chi connectivity index (χ3v) is 4.54. The van der Waals surface area contributed by atoms with Gasteiger partial charge in [-0.05, 0) is 60.7 Å². The molecule has 0 atom stereocenters. The van der Waals surface area contributed by atoms with Gasteiger partial charge in [0, 0.05) is 13.0 Å². The van der Waals surface area contributed by atoms with Gasteiger partial charge in [-0.3, -0.25) is 4.79 Å². The molecule has 0 radical (unpaired) electrons. The Bertz CT molecular complexity index is 632. The lowest BCUT2D eigenvalue weighted by molar-refractivity contribution is -0.121. The molecule has 0 aliphatic carbocycles. The van der Waals surface area contributed by atoms with Crippen LogP contribution in [0.3, 0.4) is 0 Å². The van der Waals surface area contributed by atoms with Gasteiger partial charge in [0.1, 0.15) is 0 Å². The average molecular weight is 296 g/mol. The summed E-state index contributed by atoms with van der Waals surface area (Å²) in [6, 6.07) is 14.7. The maximum absolute atomic E-state index is 12.0. The van der Waals surface area contributed by atoms with Crippen LogP contribution in [0, 0.1) is 5.92 Å². The third-order valence-electron chi connectivity index (χ3n) is 4.54. The highest BCUT2D eigenvalue weighted by atomic mass is 16.1. The zero-order valence-electron chi connectivity index (χ0n) is 13.0. The van der Waals surface area contributed by atoms with E-state index in [0.29, 0.717) is 18.9 Å². The lowest BCUT2D eigenvalue weighted by Gasteiger charge is -2.22. The first-order valence-electron chi connectivity index (χ1n) is 8.26. The van der Waals surface area contributed by atoms with E-state index in [1.54, 1.807) is 0 Å². The highest BCUT2D eigenvalue weighted by Crippen LogP contribution is 2.18. The summed E-state index contributed by atoms with van der Waals surface area (Å²) in [5.41, 5.74) is 1.16. The molecule has 1 fully saturated rings. The van der Waals surface area contributed by atoms with E-state index in [-0.39, 0.29) is 5.91 Å². The summed E-state index contributed by atoms with van der Waals surface area (Å²) in [7, 11) is 0. The van der Waals surface area contributed by atoms with Crippen LogP contribution in [-0.4, -0.2) is 19.0 Å². The first-order chi connectivity index (χ1) is 10.8. The molecule has 2 N–H and O–H groups in total. The Kier molecular flexibility index (Phi) is 5.07. The Balaban J connectivity index is 1.47. The van der Waals surface area contributed by atoms with Crippen LogP contribution in [0.4, 0.5) is 0 Å². The minimum absolute atomic E-state index is 0.173. The van der Waals surface area contributed by atoms with Gasteiger partial charge in [0.05, 0.1) is 0 Å². The van der Waals surface area contributed by atoms with Crippen LogP contribution >= 0.6 is 0 Å². The largest absolute Gasteiger partial charge is 0.352 e. The number of piperidine rings is 1. The number of carbonyl (C=O) groups is 1. The second kappa shape index (κ2) is 7.41. The molecule has 2 aromatic rings. The number of amides is 1. The number of rotatable bonds is 5. The molecule has 3 rings (SSSR count). The van der Waals surface area contributed by atoms with Crippen molar-refractivity contribution < 1.29 is 4.79 Å². The van der Waals surface area contributed by atoms with E-state index in [9.17, 15) is 4.79 Å². The second-order valence-corrected chi connectivity index (χ2v) is 6.19. The molecule has 3 nitrogen and oxygen atoms in total. The highest BCUT2D eigenvalue weighted by molar-refractivity contribution is 5.83. The fourth-order valence-corrected chi connectivity index (χ4v) is 3.14. The molecule has 0 aromatic heterocycles. The lowest BCUT2D eigenvalue weighted by Crippen LogP contribution is -2.29. The van der Waals surface area contributed by atoms with Gasteiger partial charge in [-0.25, -0.2) is 0 Å². The molecule has 2 aromatic carbocycles. The molecular weight excluding hydrogens is 272 g/mol. The maximum atomic E-state index is 12.0. The molecule has 116 valence electrons. The van der Waals surface area contributed by atoms with E-state index in [4.69, 9.17) is 0 Å². The lowest BCUT2D eigenvalue weighted by atomic mass is 9.93. The smallest absolute Gasteiger partial charge is 0.220 e. The summed E-state index contributed by atoms with van der Waals surface area (Å²) >= 11 is 0. The summed E-state index contributed by atoms with van der Waals surface area (Å²) in [4.78, 5) is 12.0. The molecule has 0 unspecified atom stereocenters. The molecule has 1 amide bonds. The van der Waals surface area contributed by atoms with Crippen LogP contribution in [0.5, 0.6) is 0 Å². The van der Waals surface area contributed by atoms with Crippen LogP contribution in [0.15, 0.2) is 42.5 Å². The number of nitrogens with one attached hydrogen (secondary N) is 2. The molecule has 22 heavy (non-hydrogen) atoms. The number of hydrogen-bond donors (Lipinski definition) is 2. The minimum atomic E-state index is 0.173. The molecule has 0 bridgehead atoms. The van der Waals surface area contributed by atoms with Crippen molar-refractivity contribution in [2.45, 2.75) is 32.2 Å². The molecule has 1 aliphatic heterocycles. The molecule has 3 heteroatoms. The van der Waals surface area contributed by atoms with E-state index in [1.807, 2.05) is 12.1 Å². The van der Waals surface area contributed by atoms with E-state index in [0.717, 1.165) is 25.1 Å². The Morgan fingerprint density at radius 1 is 1.09 bits per heavy atom. The van der Waals surface area contributed by atoms with E-state index < -0.39 is 0 Å². The van der Waals surface area contributed by atoms with E-state index >= 15 is 0 Å². The Morgan fingerprint density at radius 3 is 2.68 bits per heavy atom. The van der Waals surface area contributed by atoms with Crippen LogP contribution in [-0.2, 0) is 11.3 Å². The Hall–Kier alpha value is -1.87. The van der Waals surface area contributed by atoms with Gasteiger partial charge in [-0.2, -0.15) is 0 Å². The van der Waals surface area contributed by atoms with E-state index in [2.05, 4.69) is 41.0 Å². The SMILES string of the molecule is O=C(CCC1CCNCC1)NCc1ccc2ccccc2c1. The van der Waals surface area contributed by atoms with Gasteiger partial charge in [0.2, 0.25) is 5.91 Å². The van der Waals surface area contributed by atoms with Crippen LogP contribution in [0.1, 0.15) is 31.2 Å². The van der Waals surface area contributed by atoms with Crippen LogP contribution < -0.4 is 10.6 Å². The van der Waals surface area contributed by atoms with Crippen molar-refractivity contribution >= 4 is 16.7 Å². The number of hydrogen-bond acceptors (Lipinski definition) is 2. The zero-order valence-corrected chi connectivity index (χ0v) is 13.0. The average Bonchev–Trinajstić information content (AvgIpc) is 2.59. The Labute approximate surface area is 132 Å². The molecule has 0 spiro atoms. The van der Waals surface area contributed by atoms with Gasteiger partial charge in [0.15, 0.2) is 0 Å². The van der Waals surface area contributed by atoms with Crippen molar-refractivity contribution in [3.05, 3.63) is 48.0 Å². The predicted molar refractivity (Wildman–Crippen MR) is 90.6 cm³/mol. The van der Waals surface area contributed by atoms with Gasteiger partial charge in [0.25, 0.3) is 0 Å². The molecule has 1 heterocycles. The Morgan fingerprint density at radius 2 is 1.86 bits per heavy atom. The fraction of sp³-hybridized carbons (Fsp3) is 0.421. The summed E-state index contributed by atoms with van der Waals surface area (Å²) in [5.74, 6) is 0.888. The minimum Gasteiger partial charge on any atom is -0.352 e. The van der Waals surface area contributed by atoms with Crippen molar-refractivity contribution in [2.75, 3.05) is 13.1 Å². The fourth-order valence-electron chi connectivity index (χ4n) is 3.14. The first-order valence-corrected chi connectivity index (χ1v) is 8.26. The molecule has 0 saturated carbocycles. The third kappa shape index (κ3) is 4.08. The predicted octanol–water partition coefficient (Wildman–Crippen LogP) is 3.24. The van der Waals surface area contributed by atoms with Gasteiger partial charge < -0.3 is 10.6 Å². The summed E-state index contributed by atoms with van der Waals surface area (Å²) in [6.45, 7) is 2.82. The van der Waals surface area contributed by atoms with Crippen molar-refractivity contribution in [2.24, 2.45) is 5.92 Å². The summed E-state index contributed by atoms with van der Waals surface area (Å²) in [5, 5.41) is 8.88. The number of fused-ring (bicyclic) bond motifs is 1. The van der Waals surface area contributed by atoms with Crippen molar-refractivity contribution in [3.63, 3.8) is 0 Å². The summed E-state index contributed by atoms with van der Waals surface area (Å²) < 4.78 is 0. The van der Waals surface area contributed by atoms with Crippen LogP contribution in [0.2, 0.25) is 0 Å². The number of benzene rings is 2. The standard InChI is InChI=1S/C19H24N2O/c22-19(8-6-15-9-11-20-12-10-15)21-14-16-5-7-17-3-1-2-4-18(17)13-16/h1-5,7,13,15,20H,6,8-12,14H2,(H,21,22). The topological polar surface area (TPSA) is 41.1 Å². The summed E-state index contributed by atoms with van der Waals surface area (Å²) in [6.07, 6.45) is 4.08. The number of carbonyl (C=O) groups excluding carboxylic acids is 1. The van der Waals surface area contributed by atoms with Gasteiger partial charge in [-0.15, -0.1) is 0 Å². The van der Waals surface area contributed by atoms with Crippen LogP contribution in [0.25, 0.3) is 10.8 Å². The van der Waals surface area contributed by atoms with E-state index in [1.165, 1.54) is 23.6 Å². The van der Waals surface area contributed by atoms with Gasteiger partial charge in [-0.1, -0.05) is 36.4 Å². The first kappa shape index (κ1) is 15.0. The second-order valence-electron chi connectivity index (χ2n) is 6.19. The van der Waals surface area contributed by atoms with Crippen molar-refractivity contribution in [1.29, 1.82) is 0 Å². The van der Waals surface area contributed by atoms with Gasteiger partial charge >= 0.3 is 0 Å². The quantitative estimate of drug-likeness (QED) is 0.889. The van der Waals surface area contributed by atoms with Crippen molar-refractivity contribution in [3.8, 4) is 0 Å².